The largest absolute Gasteiger partial charge is 0.497 e. The summed E-state index contributed by atoms with van der Waals surface area (Å²) < 4.78 is 10.8. The minimum Gasteiger partial charge on any atom is -0.497 e. The Labute approximate surface area is 176 Å². The van der Waals surface area contributed by atoms with Crippen molar-refractivity contribution in [2.45, 2.75) is 30.7 Å². The summed E-state index contributed by atoms with van der Waals surface area (Å²) >= 11 is 0. The topological polar surface area (TPSA) is 96.9 Å². The summed E-state index contributed by atoms with van der Waals surface area (Å²) in [5.41, 5.74) is 1.69. The number of methoxy groups -OCH3 is 1. The van der Waals surface area contributed by atoms with Crippen LogP contribution in [0.2, 0.25) is 0 Å². The average molecular weight is 412 g/mol. The van der Waals surface area contributed by atoms with Crippen molar-refractivity contribution in [3.8, 4) is 5.75 Å². The Hall–Kier alpha value is -3.06. The summed E-state index contributed by atoms with van der Waals surface area (Å²) in [6.45, 7) is 1.62. The van der Waals surface area contributed by atoms with Crippen LogP contribution in [-0.2, 0) is 21.4 Å². The number of carbonyl (C=O) groups excluding carboxylic acids is 1. The second kappa shape index (κ2) is 10.1. The zero-order valence-corrected chi connectivity index (χ0v) is 17.1. The highest BCUT2D eigenvalue weighted by Crippen LogP contribution is 2.35. The van der Waals surface area contributed by atoms with E-state index in [4.69, 9.17) is 9.47 Å². The third kappa shape index (κ3) is 5.51. The molecule has 1 aliphatic rings. The molecular weight excluding hydrogens is 384 g/mol. The number of amides is 2. The number of hydrogen-bond donors (Lipinski definition) is 3. The van der Waals surface area contributed by atoms with Gasteiger partial charge in [0, 0.05) is 31.6 Å². The van der Waals surface area contributed by atoms with Gasteiger partial charge in [0.05, 0.1) is 7.11 Å². The molecule has 1 fully saturated rings. The van der Waals surface area contributed by atoms with Crippen molar-refractivity contribution < 1.29 is 24.2 Å². The first-order valence-corrected chi connectivity index (χ1v) is 10.1. The van der Waals surface area contributed by atoms with E-state index in [1.165, 1.54) is 0 Å². The number of carboxylic acids is 1. The van der Waals surface area contributed by atoms with Crippen molar-refractivity contribution in [1.29, 1.82) is 0 Å². The van der Waals surface area contributed by atoms with E-state index in [9.17, 15) is 14.7 Å². The molecule has 1 heterocycles. The summed E-state index contributed by atoms with van der Waals surface area (Å²) in [4.78, 5) is 24.1. The van der Waals surface area contributed by atoms with Gasteiger partial charge in [0.2, 0.25) is 0 Å². The van der Waals surface area contributed by atoms with E-state index in [1.54, 1.807) is 7.11 Å². The van der Waals surface area contributed by atoms with Crippen LogP contribution in [0.15, 0.2) is 54.6 Å². The molecule has 1 unspecified atom stereocenters. The Kier molecular flexibility index (Phi) is 7.30. The maximum absolute atomic E-state index is 12.5. The normalized spacial score (nSPS) is 16.3. The maximum Gasteiger partial charge on any atom is 0.326 e. The molecule has 30 heavy (non-hydrogen) atoms. The van der Waals surface area contributed by atoms with Gasteiger partial charge in [-0.15, -0.1) is 0 Å². The van der Waals surface area contributed by atoms with Gasteiger partial charge in [-0.1, -0.05) is 42.5 Å². The summed E-state index contributed by atoms with van der Waals surface area (Å²) in [6.07, 6.45) is 1.76. The molecule has 1 atom stereocenters. The number of rotatable bonds is 8. The molecule has 0 saturated carbocycles. The highest BCUT2D eigenvalue weighted by molar-refractivity contribution is 5.82. The lowest BCUT2D eigenvalue weighted by Gasteiger charge is -2.38. The van der Waals surface area contributed by atoms with Crippen molar-refractivity contribution in [2.24, 2.45) is 0 Å². The van der Waals surface area contributed by atoms with Gasteiger partial charge >= 0.3 is 12.0 Å². The van der Waals surface area contributed by atoms with Crippen molar-refractivity contribution in [3.63, 3.8) is 0 Å². The lowest BCUT2D eigenvalue weighted by molar-refractivity contribution is -0.139. The van der Waals surface area contributed by atoms with Crippen LogP contribution in [0.4, 0.5) is 4.79 Å². The Balaban J connectivity index is 1.65. The van der Waals surface area contributed by atoms with Crippen LogP contribution in [0.3, 0.4) is 0 Å². The molecule has 2 amide bonds. The monoisotopic (exact) mass is 412 g/mol. The number of ether oxygens (including phenoxy) is 2. The molecule has 2 aromatic carbocycles. The first-order valence-electron chi connectivity index (χ1n) is 10.1. The van der Waals surface area contributed by atoms with Crippen LogP contribution in [0.5, 0.6) is 5.75 Å². The van der Waals surface area contributed by atoms with Gasteiger partial charge in [-0.05, 0) is 36.1 Å². The Bertz CT molecular complexity index is 832. The van der Waals surface area contributed by atoms with Crippen LogP contribution < -0.4 is 15.4 Å². The third-order valence-corrected chi connectivity index (χ3v) is 5.63. The fourth-order valence-electron chi connectivity index (χ4n) is 3.78. The fraction of sp³-hybridized carbons (Fsp3) is 0.391. The van der Waals surface area contributed by atoms with E-state index in [0.29, 0.717) is 19.8 Å². The molecule has 160 valence electrons. The number of hydrogen-bond acceptors (Lipinski definition) is 4. The van der Waals surface area contributed by atoms with E-state index in [0.717, 1.165) is 29.7 Å². The third-order valence-electron chi connectivity index (χ3n) is 5.63. The number of benzene rings is 2. The molecule has 3 rings (SSSR count). The minimum atomic E-state index is -1.06. The van der Waals surface area contributed by atoms with Crippen LogP contribution in [0, 0.1) is 0 Å². The first kappa shape index (κ1) is 21.6. The average Bonchev–Trinajstić information content (AvgIpc) is 2.78. The zero-order chi connectivity index (χ0) is 21.4. The van der Waals surface area contributed by atoms with E-state index in [2.05, 4.69) is 10.6 Å². The smallest absolute Gasteiger partial charge is 0.326 e. The first-order chi connectivity index (χ1) is 14.5. The number of nitrogens with one attached hydrogen (secondary N) is 2. The van der Waals surface area contributed by atoms with E-state index in [1.807, 2.05) is 54.6 Å². The van der Waals surface area contributed by atoms with Gasteiger partial charge in [0.15, 0.2) is 0 Å². The molecule has 1 saturated heterocycles. The quantitative estimate of drug-likeness (QED) is 0.620. The predicted molar refractivity (Wildman–Crippen MR) is 113 cm³/mol. The van der Waals surface area contributed by atoms with Gasteiger partial charge < -0.3 is 25.2 Å². The number of urea groups is 1. The molecule has 1 aliphatic heterocycles. The van der Waals surface area contributed by atoms with E-state index < -0.39 is 18.0 Å². The van der Waals surface area contributed by atoms with Gasteiger partial charge in [-0.25, -0.2) is 9.59 Å². The number of carboxylic acid groups (broad SMARTS) is 1. The van der Waals surface area contributed by atoms with E-state index >= 15 is 0 Å². The summed E-state index contributed by atoms with van der Waals surface area (Å²) in [5, 5.41) is 15.0. The standard InChI is InChI=1S/C23H28N2O5/c1-29-19-9-7-18(8-10-19)23(11-13-30-14-12-23)16-24-22(28)25-20(21(26)27)15-17-5-3-2-4-6-17/h2-10,20H,11-16H2,1H3,(H,26,27)(H2,24,25,28). The lowest BCUT2D eigenvalue weighted by atomic mass is 9.74. The molecule has 2 aromatic rings. The van der Waals surface area contributed by atoms with Crippen molar-refractivity contribution in [3.05, 3.63) is 65.7 Å². The molecule has 7 heteroatoms. The van der Waals surface area contributed by atoms with Crippen molar-refractivity contribution in [1.82, 2.24) is 10.6 Å². The van der Waals surface area contributed by atoms with Gasteiger partial charge in [0.25, 0.3) is 0 Å². The van der Waals surface area contributed by atoms with Crippen molar-refractivity contribution >= 4 is 12.0 Å². The van der Waals surface area contributed by atoms with Crippen molar-refractivity contribution in [2.75, 3.05) is 26.9 Å². The SMILES string of the molecule is COc1ccc(C2(CNC(=O)NC(Cc3ccccc3)C(=O)O)CCOCC2)cc1. The van der Waals surface area contributed by atoms with Crippen LogP contribution in [-0.4, -0.2) is 50.0 Å². The minimum absolute atomic E-state index is 0.223. The van der Waals surface area contributed by atoms with Gasteiger partial charge in [0.1, 0.15) is 11.8 Å². The van der Waals surface area contributed by atoms with Crippen LogP contribution >= 0.6 is 0 Å². The second-order valence-corrected chi connectivity index (χ2v) is 7.53. The Morgan fingerprint density at radius 1 is 1.10 bits per heavy atom. The summed E-state index contributed by atoms with van der Waals surface area (Å²) in [5.74, 6) is -0.290. The van der Waals surface area contributed by atoms with E-state index in [-0.39, 0.29) is 11.8 Å². The van der Waals surface area contributed by atoms with Crippen LogP contribution in [0.1, 0.15) is 24.0 Å². The molecule has 7 nitrogen and oxygen atoms in total. The fourth-order valence-corrected chi connectivity index (χ4v) is 3.78. The zero-order valence-electron chi connectivity index (χ0n) is 17.1. The molecule has 0 bridgehead atoms. The molecule has 0 aliphatic carbocycles. The highest BCUT2D eigenvalue weighted by atomic mass is 16.5. The molecule has 0 radical (unpaired) electrons. The lowest BCUT2D eigenvalue weighted by Crippen LogP contribution is -2.51. The highest BCUT2D eigenvalue weighted by Gasteiger charge is 2.35. The number of carbonyl (C=O) groups is 2. The summed E-state index contributed by atoms with van der Waals surface area (Å²) in [7, 11) is 1.62. The summed E-state index contributed by atoms with van der Waals surface area (Å²) in [6, 6.07) is 15.6. The van der Waals surface area contributed by atoms with Gasteiger partial charge in [-0.2, -0.15) is 0 Å². The molecular formula is C23H28N2O5. The number of aliphatic carboxylic acids is 1. The maximum atomic E-state index is 12.5. The van der Waals surface area contributed by atoms with Crippen LogP contribution in [0.25, 0.3) is 0 Å². The van der Waals surface area contributed by atoms with Gasteiger partial charge in [-0.3, -0.25) is 0 Å². The Morgan fingerprint density at radius 3 is 2.37 bits per heavy atom. The second-order valence-electron chi connectivity index (χ2n) is 7.53. The molecule has 0 spiro atoms. The molecule has 0 aromatic heterocycles. The predicted octanol–water partition coefficient (Wildman–Crippen LogP) is 2.74. The Morgan fingerprint density at radius 2 is 1.77 bits per heavy atom. The molecule has 3 N–H and O–H groups in total.